The molecule has 1 N–H and O–H groups in total. The maximum absolute atomic E-state index is 12.3. The van der Waals surface area contributed by atoms with Crippen LogP contribution in [0.5, 0.6) is 0 Å². The van der Waals surface area contributed by atoms with E-state index >= 15 is 0 Å². The maximum atomic E-state index is 12.3. The van der Waals surface area contributed by atoms with E-state index in [1.54, 1.807) is 18.3 Å². The van der Waals surface area contributed by atoms with Crippen LogP contribution >= 0.6 is 27.5 Å². The molecule has 0 saturated heterocycles. The number of nitrogens with one attached hydrogen (secondary N) is 1. The number of rotatable bonds is 2. The predicted octanol–water partition coefficient (Wildman–Crippen LogP) is 4.41. The van der Waals surface area contributed by atoms with Crippen molar-refractivity contribution in [2.75, 3.05) is 0 Å². The van der Waals surface area contributed by atoms with Crippen LogP contribution in [0.2, 0.25) is 5.22 Å². The summed E-state index contributed by atoms with van der Waals surface area (Å²) in [5.41, 5.74) is 1.45. The molecular weight excluding hydrogens is 318 g/mol. The Morgan fingerprint density at radius 3 is 2.83 bits per heavy atom. The van der Waals surface area contributed by atoms with Gasteiger partial charge in [-0.05, 0) is 35.9 Å². The number of hydrogen-bond donors (Lipinski definition) is 1. The Hall–Kier alpha value is -1.52. The van der Waals surface area contributed by atoms with Crippen LogP contribution in [0.3, 0.4) is 0 Å². The second-order valence-corrected chi connectivity index (χ2v) is 5.02. The van der Waals surface area contributed by atoms with Gasteiger partial charge in [-0.15, -0.1) is 0 Å². The zero-order valence-electron chi connectivity index (χ0n) is 9.04. The molecule has 0 atom stereocenters. The summed E-state index contributed by atoms with van der Waals surface area (Å²) < 4.78 is 6.01. The highest BCUT2D eigenvalue weighted by molar-refractivity contribution is 9.10. The summed E-state index contributed by atoms with van der Waals surface area (Å²) in [6, 6.07) is 8.83. The number of benzene rings is 1. The van der Waals surface area contributed by atoms with Crippen LogP contribution in [-0.4, -0.2) is 10.8 Å². The van der Waals surface area contributed by atoms with Gasteiger partial charge in [-0.3, -0.25) is 4.79 Å². The zero-order chi connectivity index (χ0) is 12.7. The van der Waals surface area contributed by atoms with E-state index in [4.69, 9.17) is 16.0 Å². The predicted molar refractivity (Wildman–Crippen MR) is 73.1 cm³/mol. The van der Waals surface area contributed by atoms with Crippen molar-refractivity contribution in [1.82, 2.24) is 4.98 Å². The third-order valence-electron chi connectivity index (χ3n) is 2.70. The molecule has 0 aliphatic rings. The molecule has 2 aromatic heterocycles. The van der Waals surface area contributed by atoms with Crippen LogP contribution in [0.4, 0.5) is 0 Å². The lowest BCUT2D eigenvalue weighted by molar-refractivity contribution is 0.101. The Balaban J connectivity index is 2.18. The lowest BCUT2D eigenvalue weighted by atomic mass is 10.1. The zero-order valence-corrected chi connectivity index (χ0v) is 11.4. The number of carbonyl (C=O) groups excluding carboxylic acids is 1. The Kier molecular flexibility index (Phi) is 2.76. The fourth-order valence-electron chi connectivity index (χ4n) is 1.89. The van der Waals surface area contributed by atoms with Crippen LogP contribution in [0.25, 0.3) is 10.9 Å². The molecule has 0 aliphatic heterocycles. The van der Waals surface area contributed by atoms with Crippen LogP contribution in [0, 0.1) is 0 Å². The highest BCUT2D eigenvalue weighted by Crippen LogP contribution is 2.29. The van der Waals surface area contributed by atoms with Crippen molar-refractivity contribution in [1.29, 1.82) is 0 Å². The van der Waals surface area contributed by atoms with Gasteiger partial charge >= 0.3 is 0 Å². The largest absolute Gasteiger partial charge is 0.441 e. The fourth-order valence-corrected chi connectivity index (χ4v) is 2.61. The molecule has 3 aromatic rings. The molecule has 0 aliphatic carbocycles. The summed E-state index contributed by atoms with van der Waals surface area (Å²) in [5.74, 6) is 0.0386. The van der Waals surface area contributed by atoms with E-state index in [1.165, 1.54) is 0 Å². The van der Waals surface area contributed by atoms with Crippen LogP contribution in [-0.2, 0) is 0 Å². The van der Waals surface area contributed by atoms with Gasteiger partial charge in [-0.25, -0.2) is 0 Å². The summed E-state index contributed by atoms with van der Waals surface area (Å²) in [6.07, 6.45) is 1.67. The fraction of sp³-hybridized carbons (Fsp3) is 0. The van der Waals surface area contributed by atoms with E-state index < -0.39 is 0 Å². The van der Waals surface area contributed by atoms with E-state index in [0.717, 1.165) is 15.4 Å². The summed E-state index contributed by atoms with van der Waals surface area (Å²) >= 11 is 9.12. The number of halogens is 2. The van der Waals surface area contributed by atoms with Crippen LogP contribution in [0.15, 0.2) is 45.4 Å². The summed E-state index contributed by atoms with van der Waals surface area (Å²) in [7, 11) is 0. The van der Waals surface area contributed by atoms with Gasteiger partial charge in [-0.2, -0.15) is 0 Å². The highest BCUT2D eigenvalue weighted by atomic mass is 79.9. The average molecular weight is 325 g/mol. The third kappa shape index (κ3) is 1.78. The number of ketones is 1. The van der Waals surface area contributed by atoms with Crippen molar-refractivity contribution in [3.05, 3.63) is 57.5 Å². The SMILES string of the molecule is O=C(c1ccc(Cl)o1)c1c[nH]c2cccc(Br)c12. The van der Waals surface area contributed by atoms with Crippen LogP contribution in [0.1, 0.15) is 16.1 Å². The van der Waals surface area contributed by atoms with E-state index in [9.17, 15) is 4.79 Å². The smallest absolute Gasteiger partial charge is 0.230 e. The van der Waals surface area contributed by atoms with Crippen molar-refractivity contribution >= 4 is 44.2 Å². The highest BCUT2D eigenvalue weighted by Gasteiger charge is 2.18. The van der Waals surface area contributed by atoms with E-state index in [1.807, 2.05) is 18.2 Å². The molecular formula is C13H7BrClNO2. The molecule has 0 saturated carbocycles. The molecule has 0 amide bonds. The van der Waals surface area contributed by atoms with Gasteiger partial charge in [0.2, 0.25) is 5.78 Å². The first-order chi connectivity index (χ1) is 8.66. The molecule has 0 radical (unpaired) electrons. The molecule has 1 aromatic carbocycles. The Morgan fingerprint density at radius 2 is 2.11 bits per heavy atom. The van der Waals surface area contributed by atoms with Gasteiger partial charge in [0.05, 0.1) is 5.56 Å². The van der Waals surface area contributed by atoms with Crippen molar-refractivity contribution in [3.8, 4) is 0 Å². The molecule has 3 nitrogen and oxygen atoms in total. The topological polar surface area (TPSA) is 46.0 Å². The second-order valence-electron chi connectivity index (χ2n) is 3.80. The van der Waals surface area contributed by atoms with E-state index in [2.05, 4.69) is 20.9 Å². The first kappa shape index (κ1) is 11.6. The first-order valence-corrected chi connectivity index (χ1v) is 6.39. The molecule has 0 fully saturated rings. The van der Waals surface area contributed by atoms with Gasteiger partial charge in [0.1, 0.15) is 0 Å². The minimum absolute atomic E-state index is 0.194. The number of hydrogen-bond acceptors (Lipinski definition) is 2. The Morgan fingerprint density at radius 1 is 1.28 bits per heavy atom. The van der Waals surface area contributed by atoms with Crippen molar-refractivity contribution in [3.63, 3.8) is 0 Å². The summed E-state index contributed by atoms with van der Waals surface area (Å²) in [6.45, 7) is 0. The lowest BCUT2D eigenvalue weighted by Crippen LogP contribution is -1.98. The van der Waals surface area contributed by atoms with Crippen molar-refractivity contribution < 1.29 is 9.21 Å². The van der Waals surface area contributed by atoms with E-state index in [-0.39, 0.29) is 16.8 Å². The molecule has 2 heterocycles. The van der Waals surface area contributed by atoms with Gasteiger partial charge in [0, 0.05) is 21.6 Å². The monoisotopic (exact) mass is 323 g/mol. The number of fused-ring (bicyclic) bond motifs is 1. The maximum Gasteiger partial charge on any atom is 0.230 e. The lowest BCUT2D eigenvalue weighted by Gasteiger charge is -1.98. The standard InChI is InChI=1S/C13H7BrClNO2/c14-8-2-1-3-9-12(8)7(6-16-9)13(17)10-4-5-11(15)18-10/h1-6,16H. The first-order valence-electron chi connectivity index (χ1n) is 5.22. The molecule has 90 valence electrons. The second kappa shape index (κ2) is 4.30. The van der Waals surface area contributed by atoms with Crippen molar-refractivity contribution in [2.45, 2.75) is 0 Å². The molecule has 0 bridgehead atoms. The van der Waals surface area contributed by atoms with Gasteiger partial charge in [0.25, 0.3) is 0 Å². The normalized spacial score (nSPS) is 11.0. The minimum Gasteiger partial charge on any atom is -0.441 e. The molecule has 0 spiro atoms. The molecule has 3 rings (SSSR count). The van der Waals surface area contributed by atoms with Gasteiger partial charge in [-0.1, -0.05) is 22.0 Å². The number of aromatic amines is 1. The van der Waals surface area contributed by atoms with Crippen LogP contribution < -0.4 is 0 Å². The van der Waals surface area contributed by atoms with E-state index in [0.29, 0.717) is 5.56 Å². The quantitative estimate of drug-likeness (QED) is 0.710. The Bertz CT molecular complexity index is 744. The molecule has 0 unspecified atom stereocenters. The number of aromatic nitrogens is 1. The summed E-state index contributed by atoms with van der Waals surface area (Å²) in [4.78, 5) is 15.4. The van der Waals surface area contributed by atoms with Crippen molar-refractivity contribution in [2.24, 2.45) is 0 Å². The van der Waals surface area contributed by atoms with Gasteiger partial charge in [0.15, 0.2) is 11.0 Å². The number of furan rings is 1. The van der Waals surface area contributed by atoms with Gasteiger partial charge < -0.3 is 9.40 Å². The minimum atomic E-state index is -0.194. The summed E-state index contributed by atoms with van der Waals surface area (Å²) in [5, 5.41) is 1.05. The third-order valence-corrected chi connectivity index (χ3v) is 3.56. The number of H-pyrrole nitrogens is 1. The Labute approximate surface area is 116 Å². The molecule has 18 heavy (non-hydrogen) atoms. The number of carbonyl (C=O) groups is 1. The molecule has 5 heteroatoms. The average Bonchev–Trinajstić information content (AvgIpc) is 2.95.